The van der Waals surface area contributed by atoms with Crippen LogP contribution in [-0.2, 0) is 0 Å². The predicted molar refractivity (Wildman–Crippen MR) is 85.8 cm³/mol. The van der Waals surface area contributed by atoms with Crippen molar-refractivity contribution >= 4 is 17.4 Å². The van der Waals surface area contributed by atoms with E-state index < -0.39 is 0 Å². The molecule has 1 heterocycles. The molecule has 4 heteroatoms. The Morgan fingerprint density at radius 1 is 1.29 bits per heavy atom. The Hall–Kier alpha value is -1.68. The molecule has 2 aromatic carbocycles. The van der Waals surface area contributed by atoms with Crippen molar-refractivity contribution in [3.8, 4) is 5.75 Å². The third-order valence-electron chi connectivity index (χ3n) is 3.71. The highest BCUT2D eigenvalue weighted by atomic mass is 32.2. The van der Waals surface area contributed by atoms with Gasteiger partial charge in [-0.3, -0.25) is 0 Å². The van der Waals surface area contributed by atoms with Gasteiger partial charge in [0.2, 0.25) is 0 Å². The van der Waals surface area contributed by atoms with Gasteiger partial charge in [0, 0.05) is 10.6 Å². The van der Waals surface area contributed by atoms with Gasteiger partial charge in [0.1, 0.15) is 11.6 Å². The molecular formula is C17H18FNOS. The van der Waals surface area contributed by atoms with Gasteiger partial charge in [-0.15, -0.1) is 11.8 Å². The Bertz CT molecular complexity index is 659. The lowest BCUT2D eigenvalue weighted by Crippen LogP contribution is -2.17. The second-order valence-corrected chi connectivity index (χ2v) is 6.30. The number of fused-ring (bicyclic) bond motifs is 1. The lowest BCUT2D eigenvalue weighted by molar-refractivity contribution is 0.415. The van der Waals surface area contributed by atoms with Crippen LogP contribution in [0.4, 0.5) is 10.1 Å². The van der Waals surface area contributed by atoms with Crippen molar-refractivity contribution in [3.05, 3.63) is 53.3 Å². The molecule has 1 unspecified atom stereocenters. The Morgan fingerprint density at radius 3 is 2.95 bits per heavy atom. The van der Waals surface area contributed by atoms with E-state index in [0.717, 1.165) is 39.6 Å². The molecular weight excluding hydrogens is 285 g/mol. The highest BCUT2D eigenvalue weighted by molar-refractivity contribution is 7.99. The molecule has 3 rings (SSSR count). The van der Waals surface area contributed by atoms with Crippen LogP contribution >= 0.6 is 11.8 Å². The van der Waals surface area contributed by atoms with Gasteiger partial charge in [-0.25, -0.2) is 4.39 Å². The summed E-state index contributed by atoms with van der Waals surface area (Å²) < 4.78 is 19.3. The molecule has 0 saturated carbocycles. The largest absolute Gasteiger partial charge is 0.495 e. The van der Waals surface area contributed by atoms with E-state index in [0.29, 0.717) is 0 Å². The van der Waals surface area contributed by atoms with E-state index in [2.05, 4.69) is 11.4 Å². The molecule has 0 aromatic heterocycles. The van der Waals surface area contributed by atoms with E-state index in [-0.39, 0.29) is 11.9 Å². The molecule has 0 bridgehead atoms. The van der Waals surface area contributed by atoms with Crippen molar-refractivity contribution in [1.82, 2.24) is 0 Å². The van der Waals surface area contributed by atoms with Crippen molar-refractivity contribution in [2.24, 2.45) is 0 Å². The Morgan fingerprint density at radius 2 is 2.14 bits per heavy atom. The molecule has 0 amide bonds. The summed E-state index contributed by atoms with van der Waals surface area (Å²) in [6, 6.07) is 11.5. The zero-order valence-corrected chi connectivity index (χ0v) is 13.0. The minimum Gasteiger partial charge on any atom is -0.495 e. The van der Waals surface area contributed by atoms with Crippen LogP contribution in [0.2, 0.25) is 0 Å². The summed E-state index contributed by atoms with van der Waals surface area (Å²) in [5.41, 5.74) is 3.15. The Balaban J connectivity index is 1.92. The van der Waals surface area contributed by atoms with E-state index in [1.807, 2.05) is 25.1 Å². The number of aryl methyl sites for hydroxylation is 1. The number of halogens is 1. The maximum atomic E-state index is 13.9. The normalized spacial score (nSPS) is 17.2. The lowest BCUT2D eigenvalue weighted by atomic mass is 10.0. The monoisotopic (exact) mass is 303 g/mol. The molecule has 0 aliphatic carbocycles. The van der Waals surface area contributed by atoms with E-state index in [1.54, 1.807) is 24.9 Å². The number of anilines is 1. The number of benzene rings is 2. The predicted octanol–water partition coefficient (Wildman–Crippen LogP) is 4.79. The number of methoxy groups -OCH3 is 1. The van der Waals surface area contributed by atoms with Crippen LogP contribution in [0, 0.1) is 12.7 Å². The van der Waals surface area contributed by atoms with Gasteiger partial charge in [-0.05, 0) is 42.7 Å². The second kappa shape index (κ2) is 5.98. The number of ether oxygens (including phenoxy) is 1. The fourth-order valence-electron chi connectivity index (χ4n) is 2.64. The van der Waals surface area contributed by atoms with Gasteiger partial charge in [-0.1, -0.05) is 18.2 Å². The minimum atomic E-state index is -0.125. The number of rotatable bonds is 3. The number of nitrogens with one attached hydrogen (secondary N) is 1. The SMILES string of the molecule is COc1cc(C)ccc1NC1CCSc2c(F)cccc21. The van der Waals surface area contributed by atoms with Gasteiger partial charge >= 0.3 is 0 Å². The molecule has 0 spiro atoms. The van der Waals surface area contributed by atoms with E-state index in [4.69, 9.17) is 4.74 Å². The summed E-state index contributed by atoms with van der Waals surface area (Å²) in [4.78, 5) is 0.771. The van der Waals surface area contributed by atoms with Crippen LogP contribution in [0.1, 0.15) is 23.6 Å². The quantitative estimate of drug-likeness (QED) is 0.880. The fraction of sp³-hybridized carbons (Fsp3) is 0.294. The molecule has 2 aromatic rings. The smallest absolute Gasteiger partial charge is 0.142 e. The zero-order chi connectivity index (χ0) is 14.8. The summed E-state index contributed by atoms with van der Waals surface area (Å²) in [5, 5.41) is 3.51. The average Bonchev–Trinajstić information content (AvgIpc) is 2.50. The summed E-state index contributed by atoms with van der Waals surface area (Å²) in [7, 11) is 1.67. The van der Waals surface area contributed by atoms with E-state index in [1.165, 1.54) is 6.07 Å². The highest BCUT2D eigenvalue weighted by Gasteiger charge is 2.23. The first-order valence-electron chi connectivity index (χ1n) is 7.01. The molecule has 1 aliphatic rings. The van der Waals surface area contributed by atoms with Gasteiger partial charge < -0.3 is 10.1 Å². The molecule has 1 atom stereocenters. The van der Waals surface area contributed by atoms with Crippen LogP contribution in [-0.4, -0.2) is 12.9 Å². The summed E-state index contributed by atoms with van der Waals surface area (Å²) in [6.07, 6.45) is 0.970. The summed E-state index contributed by atoms with van der Waals surface area (Å²) in [6.45, 7) is 2.04. The molecule has 21 heavy (non-hydrogen) atoms. The minimum absolute atomic E-state index is 0.119. The maximum absolute atomic E-state index is 13.9. The van der Waals surface area contributed by atoms with Crippen LogP contribution in [0.15, 0.2) is 41.3 Å². The fourth-order valence-corrected chi connectivity index (χ4v) is 3.78. The van der Waals surface area contributed by atoms with E-state index in [9.17, 15) is 4.39 Å². The van der Waals surface area contributed by atoms with Crippen LogP contribution in [0.5, 0.6) is 5.75 Å². The topological polar surface area (TPSA) is 21.3 Å². The molecule has 0 radical (unpaired) electrons. The number of hydrogen-bond acceptors (Lipinski definition) is 3. The standard InChI is InChI=1S/C17H18FNOS/c1-11-6-7-15(16(10-11)20-2)19-14-8-9-21-17-12(14)4-3-5-13(17)18/h3-7,10,14,19H,8-9H2,1-2H3. The van der Waals surface area contributed by atoms with Crippen LogP contribution in [0.25, 0.3) is 0 Å². The van der Waals surface area contributed by atoms with Gasteiger partial charge in [0.15, 0.2) is 0 Å². The molecule has 1 N–H and O–H groups in total. The summed E-state index contributed by atoms with van der Waals surface area (Å²) in [5.74, 6) is 1.62. The second-order valence-electron chi connectivity index (χ2n) is 5.20. The first-order chi connectivity index (χ1) is 10.2. The Labute approximate surface area is 128 Å². The molecule has 0 saturated heterocycles. The van der Waals surface area contributed by atoms with E-state index >= 15 is 0 Å². The first-order valence-corrected chi connectivity index (χ1v) is 8.00. The average molecular weight is 303 g/mol. The van der Waals surface area contributed by atoms with Gasteiger partial charge in [0.05, 0.1) is 18.8 Å². The Kier molecular flexibility index (Phi) is 4.06. The van der Waals surface area contributed by atoms with Crippen molar-refractivity contribution in [2.75, 3.05) is 18.2 Å². The molecule has 0 fully saturated rings. The van der Waals surface area contributed by atoms with Crippen molar-refractivity contribution in [2.45, 2.75) is 24.3 Å². The molecule has 2 nitrogen and oxygen atoms in total. The lowest BCUT2D eigenvalue weighted by Gasteiger charge is -2.27. The van der Waals surface area contributed by atoms with Gasteiger partial charge in [-0.2, -0.15) is 0 Å². The van der Waals surface area contributed by atoms with Crippen molar-refractivity contribution < 1.29 is 9.13 Å². The summed E-state index contributed by atoms with van der Waals surface area (Å²) >= 11 is 1.60. The van der Waals surface area contributed by atoms with Crippen molar-refractivity contribution in [3.63, 3.8) is 0 Å². The highest BCUT2D eigenvalue weighted by Crippen LogP contribution is 2.40. The number of hydrogen-bond donors (Lipinski definition) is 1. The maximum Gasteiger partial charge on any atom is 0.142 e. The van der Waals surface area contributed by atoms with Crippen LogP contribution in [0.3, 0.4) is 0 Å². The first kappa shape index (κ1) is 14.3. The van der Waals surface area contributed by atoms with Crippen LogP contribution < -0.4 is 10.1 Å². The third kappa shape index (κ3) is 2.86. The van der Waals surface area contributed by atoms with Crippen molar-refractivity contribution in [1.29, 1.82) is 0 Å². The van der Waals surface area contributed by atoms with Gasteiger partial charge in [0.25, 0.3) is 0 Å². The number of thioether (sulfide) groups is 1. The zero-order valence-electron chi connectivity index (χ0n) is 12.2. The molecule has 110 valence electrons. The molecule has 1 aliphatic heterocycles. The third-order valence-corrected chi connectivity index (χ3v) is 4.87.